The van der Waals surface area contributed by atoms with E-state index >= 15 is 0 Å². The second-order valence-electron chi connectivity index (χ2n) is 11.1. The number of carbonyl (C=O) groups is 2. The maximum absolute atomic E-state index is 13.3. The van der Waals surface area contributed by atoms with E-state index in [1.165, 1.54) is 11.1 Å². The molecule has 1 saturated heterocycles. The van der Waals surface area contributed by atoms with Crippen LogP contribution in [0, 0.1) is 12.8 Å². The van der Waals surface area contributed by atoms with Crippen molar-refractivity contribution in [2.75, 3.05) is 31.6 Å². The maximum atomic E-state index is 13.3. The van der Waals surface area contributed by atoms with Gasteiger partial charge in [-0.2, -0.15) is 0 Å². The first-order valence-electron chi connectivity index (χ1n) is 14.1. The van der Waals surface area contributed by atoms with E-state index in [0.29, 0.717) is 18.2 Å². The minimum atomic E-state index is -0.813. The van der Waals surface area contributed by atoms with Crippen molar-refractivity contribution in [3.63, 3.8) is 0 Å². The van der Waals surface area contributed by atoms with Gasteiger partial charge < -0.3 is 20.1 Å². The number of benzene rings is 2. The van der Waals surface area contributed by atoms with E-state index in [9.17, 15) is 14.7 Å². The highest BCUT2D eigenvalue weighted by Crippen LogP contribution is 2.32. The number of nitrogens with zero attached hydrogens (tertiary/aromatic N) is 2. The molecule has 1 unspecified atom stereocenters. The van der Waals surface area contributed by atoms with Gasteiger partial charge in [0.2, 0.25) is 5.91 Å². The Hall–Kier alpha value is -2.90. The Morgan fingerprint density at radius 1 is 1.16 bits per heavy atom. The lowest BCUT2D eigenvalue weighted by atomic mass is 9.86. The van der Waals surface area contributed by atoms with Crippen molar-refractivity contribution in [3.05, 3.63) is 59.2 Å². The third-order valence-electron chi connectivity index (χ3n) is 8.18. The third-order valence-corrected chi connectivity index (χ3v) is 8.18. The Kier molecular flexibility index (Phi) is 9.44. The summed E-state index contributed by atoms with van der Waals surface area (Å²) >= 11 is 0. The summed E-state index contributed by atoms with van der Waals surface area (Å²) in [7, 11) is 1.88. The number of aliphatic carboxylic acids is 1. The second-order valence-corrected chi connectivity index (χ2v) is 11.1. The predicted molar refractivity (Wildman–Crippen MR) is 151 cm³/mol. The molecule has 1 aliphatic heterocycles. The molecule has 38 heavy (non-hydrogen) atoms. The van der Waals surface area contributed by atoms with Gasteiger partial charge >= 0.3 is 5.97 Å². The van der Waals surface area contributed by atoms with Crippen molar-refractivity contribution < 1.29 is 19.4 Å². The zero-order valence-electron chi connectivity index (χ0n) is 23.3. The largest absolute Gasteiger partial charge is 0.490 e. The van der Waals surface area contributed by atoms with Gasteiger partial charge in [-0.25, -0.2) is 0 Å². The van der Waals surface area contributed by atoms with Crippen LogP contribution in [-0.4, -0.2) is 60.7 Å². The Morgan fingerprint density at radius 2 is 1.92 bits per heavy atom. The van der Waals surface area contributed by atoms with Crippen molar-refractivity contribution in [3.8, 4) is 5.75 Å². The molecule has 1 heterocycles. The minimum absolute atomic E-state index is 0.00927. The van der Waals surface area contributed by atoms with Crippen molar-refractivity contribution in [1.82, 2.24) is 10.2 Å². The van der Waals surface area contributed by atoms with Crippen molar-refractivity contribution in [2.24, 2.45) is 5.92 Å². The van der Waals surface area contributed by atoms with E-state index in [1.807, 2.05) is 43.1 Å². The summed E-state index contributed by atoms with van der Waals surface area (Å²) < 4.78 is 6.22. The summed E-state index contributed by atoms with van der Waals surface area (Å²) in [6.45, 7) is 10.3. The lowest BCUT2D eigenvalue weighted by molar-refractivity contribution is -0.138. The highest BCUT2D eigenvalue weighted by atomic mass is 16.5. The number of carbonyl (C=O) groups excluding carboxylic acids is 1. The summed E-state index contributed by atoms with van der Waals surface area (Å²) in [6.07, 6.45) is 3.78. The van der Waals surface area contributed by atoms with Crippen LogP contribution in [0.1, 0.15) is 68.6 Å². The zero-order valence-corrected chi connectivity index (χ0v) is 23.3. The van der Waals surface area contributed by atoms with Gasteiger partial charge in [-0.15, -0.1) is 0 Å². The number of anilines is 1. The number of nitrogens with one attached hydrogen (secondary N) is 1. The Labute approximate surface area is 227 Å². The normalized spacial score (nSPS) is 23.0. The van der Waals surface area contributed by atoms with Crippen molar-refractivity contribution >= 4 is 17.6 Å². The van der Waals surface area contributed by atoms with Crippen molar-refractivity contribution in [2.45, 2.75) is 77.5 Å². The fourth-order valence-electron chi connectivity index (χ4n) is 5.84. The first kappa shape index (κ1) is 28.1. The second kappa shape index (κ2) is 12.8. The van der Waals surface area contributed by atoms with Crippen LogP contribution in [0.15, 0.2) is 42.5 Å². The lowest BCUT2D eigenvalue weighted by Crippen LogP contribution is -2.48. The fourth-order valence-corrected chi connectivity index (χ4v) is 5.84. The molecule has 1 aliphatic carbocycles. The zero-order chi connectivity index (χ0) is 27.2. The molecule has 2 aliphatic rings. The first-order chi connectivity index (χ1) is 18.2. The Bertz CT molecular complexity index is 1110. The van der Waals surface area contributed by atoms with Gasteiger partial charge in [-0.05, 0) is 86.9 Å². The average molecular weight is 522 g/mol. The van der Waals surface area contributed by atoms with Gasteiger partial charge in [-0.1, -0.05) is 25.1 Å². The lowest BCUT2D eigenvalue weighted by Gasteiger charge is -2.32. The van der Waals surface area contributed by atoms with Crippen LogP contribution in [0.2, 0.25) is 0 Å². The number of aryl methyl sites for hydroxylation is 1. The number of hydrogen-bond donors (Lipinski definition) is 2. The molecule has 2 atom stereocenters. The first-order valence-corrected chi connectivity index (χ1v) is 14.1. The third kappa shape index (κ3) is 6.94. The number of carboxylic acid groups (broad SMARTS) is 1. The molecule has 2 aromatic rings. The number of hydrogen-bond acceptors (Lipinski definition) is 5. The quantitative estimate of drug-likeness (QED) is 0.485. The van der Waals surface area contributed by atoms with Crippen LogP contribution < -0.4 is 15.0 Å². The molecule has 2 N–H and O–H groups in total. The Morgan fingerprint density at radius 3 is 2.58 bits per heavy atom. The molecular formula is C31H43N3O4. The standard InChI is InChI=1S/C31H43N3O4/c1-5-29(31(36)37)24-7-6-8-28(18-24)38-27-13-10-23(11-14-27)30(35)33(4)26-12-9-25(21(2)17-26)20-34-16-15-32-22(3)19-34/h6-9,12,17-18,22-23,27,29,32H,5,10-11,13-16,19-20H2,1-4H3,(H,36,37)/t22-,23-,27-,29?/m0/s1. The minimum Gasteiger partial charge on any atom is -0.490 e. The molecule has 1 amide bonds. The van der Waals surface area contributed by atoms with Crippen LogP contribution in [0.5, 0.6) is 5.75 Å². The molecule has 0 aromatic heterocycles. The number of rotatable bonds is 9. The molecule has 7 heteroatoms. The van der Waals surface area contributed by atoms with Gasteiger partial charge in [0.25, 0.3) is 0 Å². The van der Waals surface area contributed by atoms with Crippen LogP contribution in [0.25, 0.3) is 0 Å². The van der Waals surface area contributed by atoms with E-state index < -0.39 is 11.9 Å². The van der Waals surface area contributed by atoms with E-state index in [0.717, 1.165) is 63.1 Å². The summed E-state index contributed by atoms with van der Waals surface area (Å²) in [5.74, 6) is -0.469. The average Bonchev–Trinajstić information content (AvgIpc) is 2.90. The smallest absolute Gasteiger partial charge is 0.310 e. The van der Waals surface area contributed by atoms with Crippen LogP contribution >= 0.6 is 0 Å². The van der Waals surface area contributed by atoms with Gasteiger partial charge in [0.15, 0.2) is 0 Å². The fraction of sp³-hybridized carbons (Fsp3) is 0.548. The predicted octanol–water partition coefficient (Wildman–Crippen LogP) is 4.97. The molecule has 0 spiro atoms. The molecule has 2 aromatic carbocycles. The molecular weight excluding hydrogens is 478 g/mol. The molecule has 206 valence electrons. The molecule has 0 bridgehead atoms. The SMILES string of the molecule is CCC(C(=O)O)c1cccc(O[C@H]2CC[C@H](C(=O)N(C)c3ccc(CN4CCN[C@@H](C)C4)c(C)c3)CC2)c1. The van der Waals surface area contributed by atoms with Gasteiger partial charge in [-0.3, -0.25) is 14.5 Å². The van der Waals surface area contributed by atoms with Gasteiger partial charge in [0.05, 0.1) is 12.0 Å². The summed E-state index contributed by atoms with van der Waals surface area (Å²) in [6, 6.07) is 14.4. The van der Waals surface area contributed by atoms with E-state index in [1.54, 1.807) is 0 Å². The molecule has 2 fully saturated rings. The maximum Gasteiger partial charge on any atom is 0.310 e. The summed E-state index contributed by atoms with van der Waals surface area (Å²) in [5, 5.41) is 13.0. The number of amides is 1. The number of piperazine rings is 1. The number of ether oxygens (including phenoxy) is 1. The summed E-state index contributed by atoms with van der Waals surface area (Å²) in [5.41, 5.74) is 4.26. The van der Waals surface area contributed by atoms with Crippen LogP contribution in [-0.2, 0) is 16.1 Å². The molecule has 0 radical (unpaired) electrons. The van der Waals surface area contributed by atoms with Gasteiger partial charge in [0.1, 0.15) is 5.75 Å². The molecule has 1 saturated carbocycles. The van der Waals surface area contributed by atoms with E-state index in [4.69, 9.17) is 4.74 Å². The highest BCUT2D eigenvalue weighted by molar-refractivity contribution is 5.94. The van der Waals surface area contributed by atoms with Gasteiger partial charge in [0, 0.05) is 50.9 Å². The van der Waals surface area contributed by atoms with Crippen molar-refractivity contribution in [1.29, 1.82) is 0 Å². The summed E-state index contributed by atoms with van der Waals surface area (Å²) in [4.78, 5) is 29.2. The topological polar surface area (TPSA) is 82.1 Å². The molecule has 4 rings (SSSR count). The Balaban J connectivity index is 1.30. The monoisotopic (exact) mass is 521 g/mol. The van der Waals surface area contributed by atoms with Crippen LogP contribution in [0.4, 0.5) is 5.69 Å². The highest BCUT2D eigenvalue weighted by Gasteiger charge is 2.30. The van der Waals surface area contributed by atoms with Crippen LogP contribution in [0.3, 0.4) is 0 Å². The van der Waals surface area contributed by atoms with E-state index in [2.05, 4.69) is 42.3 Å². The van der Waals surface area contributed by atoms with E-state index in [-0.39, 0.29) is 17.9 Å². The number of carboxylic acids is 1. The molecule has 7 nitrogen and oxygen atoms in total.